The lowest BCUT2D eigenvalue weighted by Crippen LogP contribution is -2.49. The lowest BCUT2D eigenvalue weighted by Gasteiger charge is -2.35. The number of anilines is 1. The zero-order valence-corrected chi connectivity index (χ0v) is 17.9. The molecule has 1 aliphatic carbocycles. The van der Waals surface area contributed by atoms with Crippen LogP contribution in [0.2, 0.25) is 0 Å². The van der Waals surface area contributed by atoms with Crippen LogP contribution in [0.25, 0.3) is 11.1 Å². The number of ether oxygens (including phenoxy) is 1. The van der Waals surface area contributed by atoms with Gasteiger partial charge in [0.05, 0.1) is 13.2 Å². The zero-order valence-electron chi connectivity index (χ0n) is 17.9. The van der Waals surface area contributed by atoms with Crippen LogP contribution in [0.4, 0.5) is 23.2 Å². The molecule has 1 saturated heterocycles. The summed E-state index contributed by atoms with van der Waals surface area (Å²) >= 11 is 0. The summed E-state index contributed by atoms with van der Waals surface area (Å²) < 4.78 is 59.8. The van der Waals surface area contributed by atoms with Crippen LogP contribution < -0.4 is 10.2 Å². The Morgan fingerprint density at radius 1 is 1.19 bits per heavy atom. The third-order valence-corrected chi connectivity index (χ3v) is 5.72. The number of hydrogen-bond donors (Lipinski definition) is 1. The van der Waals surface area contributed by atoms with Gasteiger partial charge in [0, 0.05) is 41.6 Å². The number of hydrogen-bond acceptors (Lipinski definition) is 4. The van der Waals surface area contributed by atoms with Crippen molar-refractivity contribution < 1.29 is 27.1 Å². The topological polar surface area (TPSA) is 54.5 Å². The molecular formula is C23H25F4N3O2. The molecule has 1 amide bonds. The predicted octanol–water partition coefficient (Wildman–Crippen LogP) is 4.30. The van der Waals surface area contributed by atoms with Gasteiger partial charge in [0.15, 0.2) is 6.10 Å². The molecule has 1 N–H and O–H groups in total. The van der Waals surface area contributed by atoms with Crippen LogP contribution in [0.1, 0.15) is 29.8 Å². The van der Waals surface area contributed by atoms with E-state index in [0.717, 1.165) is 24.2 Å². The number of amides is 1. The Kier molecular flexibility index (Phi) is 6.11. The second kappa shape index (κ2) is 8.69. The first-order valence-corrected chi connectivity index (χ1v) is 10.6. The summed E-state index contributed by atoms with van der Waals surface area (Å²) in [5.74, 6) is -0.658. The molecule has 1 aromatic carbocycles. The van der Waals surface area contributed by atoms with Gasteiger partial charge in [-0.2, -0.15) is 13.2 Å². The van der Waals surface area contributed by atoms with Gasteiger partial charge in [-0.05, 0) is 62.1 Å². The Bertz CT molecular complexity index is 1000. The van der Waals surface area contributed by atoms with Crippen molar-refractivity contribution in [2.24, 2.45) is 5.92 Å². The second-order valence-electron chi connectivity index (χ2n) is 8.44. The maximum absolute atomic E-state index is 15.4. The van der Waals surface area contributed by atoms with Crippen molar-refractivity contribution >= 4 is 11.6 Å². The first kappa shape index (κ1) is 22.5. The van der Waals surface area contributed by atoms with Gasteiger partial charge in [-0.1, -0.05) is 0 Å². The molecular weight excluding hydrogens is 426 g/mol. The standard InChI is InChI=1S/C23H25F4N3O2/c1-13-7-16(8-14(2)29-13)21-17(11-28-22(31)15-3-4-15)9-18(10-19(21)24)30-5-6-32-20(12-30)23(25,26)27/h7-10,15,20H,3-6,11-12H2,1-2H3,(H,28,31)/t20-/m1/s1. The van der Waals surface area contributed by atoms with E-state index in [-0.39, 0.29) is 31.5 Å². The van der Waals surface area contributed by atoms with Crippen molar-refractivity contribution in [3.05, 3.63) is 47.0 Å². The van der Waals surface area contributed by atoms with Crippen LogP contribution in [0.15, 0.2) is 24.3 Å². The van der Waals surface area contributed by atoms with Gasteiger partial charge >= 0.3 is 6.18 Å². The molecule has 0 bridgehead atoms. The smallest absolute Gasteiger partial charge is 0.366 e. The van der Waals surface area contributed by atoms with Crippen molar-refractivity contribution in [1.29, 1.82) is 0 Å². The molecule has 1 aromatic heterocycles. The third-order valence-electron chi connectivity index (χ3n) is 5.72. The number of aromatic nitrogens is 1. The molecule has 2 aromatic rings. The third kappa shape index (κ3) is 5.03. The van der Waals surface area contributed by atoms with Crippen LogP contribution >= 0.6 is 0 Å². The highest BCUT2D eigenvalue weighted by atomic mass is 19.4. The Labute approximate surface area is 183 Å². The maximum Gasteiger partial charge on any atom is 0.416 e. The molecule has 2 fully saturated rings. The van der Waals surface area contributed by atoms with Gasteiger partial charge in [0.2, 0.25) is 5.91 Å². The van der Waals surface area contributed by atoms with E-state index in [9.17, 15) is 18.0 Å². The largest absolute Gasteiger partial charge is 0.416 e. The molecule has 9 heteroatoms. The fraction of sp³-hybridized carbons (Fsp3) is 0.478. The number of rotatable bonds is 5. The minimum absolute atomic E-state index is 0.0105. The van der Waals surface area contributed by atoms with Crippen LogP contribution in [0, 0.1) is 25.6 Å². The van der Waals surface area contributed by atoms with Crippen molar-refractivity contribution in [1.82, 2.24) is 10.3 Å². The first-order valence-electron chi connectivity index (χ1n) is 10.6. The summed E-state index contributed by atoms with van der Waals surface area (Å²) in [6.07, 6.45) is -4.75. The quantitative estimate of drug-likeness (QED) is 0.689. The van der Waals surface area contributed by atoms with Crippen molar-refractivity contribution in [3.63, 3.8) is 0 Å². The Morgan fingerprint density at radius 3 is 2.50 bits per heavy atom. The van der Waals surface area contributed by atoms with E-state index >= 15 is 4.39 Å². The van der Waals surface area contributed by atoms with Gasteiger partial charge in [0.25, 0.3) is 0 Å². The maximum atomic E-state index is 15.4. The molecule has 0 radical (unpaired) electrons. The molecule has 2 aliphatic rings. The Morgan fingerprint density at radius 2 is 1.88 bits per heavy atom. The summed E-state index contributed by atoms with van der Waals surface area (Å²) in [4.78, 5) is 18.0. The number of nitrogens with zero attached hydrogens (tertiary/aromatic N) is 2. The van der Waals surface area contributed by atoms with Gasteiger partial charge in [-0.15, -0.1) is 0 Å². The summed E-state index contributed by atoms with van der Waals surface area (Å²) in [7, 11) is 0. The summed E-state index contributed by atoms with van der Waals surface area (Å²) in [6.45, 7) is 3.40. The SMILES string of the molecule is Cc1cc(-c2c(F)cc(N3CCO[C@@H](C(F)(F)F)C3)cc2CNC(=O)C2CC2)cc(C)n1. The molecule has 172 valence electrons. The molecule has 4 rings (SSSR count). The number of carbonyl (C=O) groups excluding carboxylic acids is 1. The summed E-state index contributed by atoms with van der Waals surface area (Å²) in [6, 6.07) is 6.43. The fourth-order valence-electron chi connectivity index (χ4n) is 4.03. The first-order chi connectivity index (χ1) is 15.1. The average molecular weight is 451 g/mol. The number of aryl methyl sites for hydroxylation is 2. The molecule has 1 saturated carbocycles. The van der Waals surface area contributed by atoms with Crippen LogP contribution in [0.3, 0.4) is 0 Å². The summed E-state index contributed by atoms with van der Waals surface area (Å²) in [5, 5.41) is 2.85. The molecule has 0 spiro atoms. The number of alkyl halides is 3. The molecule has 2 heterocycles. The van der Waals surface area contributed by atoms with Gasteiger partial charge < -0.3 is 15.0 Å². The van der Waals surface area contributed by atoms with E-state index in [1.807, 2.05) is 13.8 Å². The van der Waals surface area contributed by atoms with E-state index in [1.165, 1.54) is 11.0 Å². The van der Waals surface area contributed by atoms with Gasteiger partial charge in [-0.3, -0.25) is 9.78 Å². The van der Waals surface area contributed by atoms with Crippen molar-refractivity contribution in [2.75, 3.05) is 24.6 Å². The van der Waals surface area contributed by atoms with E-state index in [0.29, 0.717) is 22.4 Å². The van der Waals surface area contributed by atoms with Crippen LogP contribution in [0.5, 0.6) is 0 Å². The molecule has 0 unspecified atom stereocenters. The lowest BCUT2D eigenvalue weighted by atomic mass is 9.97. The van der Waals surface area contributed by atoms with E-state index in [2.05, 4.69) is 10.3 Å². The minimum Gasteiger partial charge on any atom is -0.366 e. The highest BCUT2D eigenvalue weighted by Crippen LogP contribution is 2.35. The minimum atomic E-state index is -4.50. The number of pyridine rings is 1. The van der Waals surface area contributed by atoms with Crippen molar-refractivity contribution in [2.45, 2.75) is 45.5 Å². The fourth-order valence-corrected chi connectivity index (χ4v) is 4.03. The second-order valence-corrected chi connectivity index (χ2v) is 8.44. The summed E-state index contributed by atoms with van der Waals surface area (Å²) in [5.41, 5.74) is 3.22. The zero-order chi connectivity index (χ0) is 23.0. The molecule has 5 nitrogen and oxygen atoms in total. The lowest BCUT2D eigenvalue weighted by molar-refractivity contribution is -0.221. The highest BCUT2D eigenvalue weighted by Gasteiger charge is 2.43. The van der Waals surface area contributed by atoms with Gasteiger partial charge in [-0.25, -0.2) is 4.39 Å². The number of nitrogens with one attached hydrogen (secondary N) is 1. The van der Waals surface area contributed by atoms with Gasteiger partial charge in [0.1, 0.15) is 5.82 Å². The Hall–Kier alpha value is -2.68. The van der Waals surface area contributed by atoms with E-state index in [1.54, 1.807) is 18.2 Å². The average Bonchev–Trinajstić information content (AvgIpc) is 3.56. The Balaban J connectivity index is 1.70. The molecule has 32 heavy (non-hydrogen) atoms. The number of halogens is 4. The normalized spacial score (nSPS) is 19.2. The molecule has 1 aliphatic heterocycles. The predicted molar refractivity (Wildman–Crippen MR) is 112 cm³/mol. The number of morpholine rings is 1. The van der Waals surface area contributed by atoms with Crippen LogP contribution in [-0.4, -0.2) is 42.9 Å². The van der Waals surface area contributed by atoms with Crippen LogP contribution in [-0.2, 0) is 16.1 Å². The molecule has 1 atom stereocenters. The monoisotopic (exact) mass is 451 g/mol. The van der Waals surface area contributed by atoms with Crippen molar-refractivity contribution in [3.8, 4) is 11.1 Å². The number of benzene rings is 1. The van der Waals surface area contributed by atoms with E-state index < -0.39 is 24.6 Å². The highest BCUT2D eigenvalue weighted by molar-refractivity contribution is 5.81. The number of carbonyl (C=O) groups is 1. The van der Waals surface area contributed by atoms with E-state index in [4.69, 9.17) is 4.74 Å².